The van der Waals surface area contributed by atoms with Gasteiger partial charge in [0, 0.05) is 12.6 Å². The van der Waals surface area contributed by atoms with Crippen LogP contribution in [0.3, 0.4) is 0 Å². The summed E-state index contributed by atoms with van der Waals surface area (Å²) in [5.41, 5.74) is 4.26. The fraction of sp³-hybridized carbons (Fsp3) is 0.517. The molecule has 0 aliphatic heterocycles. The van der Waals surface area contributed by atoms with Gasteiger partial charge in [0.25, 0.3) is 12.0 Å². The molecule has 0 saturated heterocycles. The number of aromatic nitrogens is 4. The van der Waals surface area contributed by atoms with Crippen LogP contribution in [0.25, 0.3) is 22.1 Å². The summed E-state index contributed by atoms with van der Waals surface area (Å²) in [6.45, 7) is 23.3. The Morgan fingerprint density at radius 2 is 1.09 bits per heavy atom. The van der Waals surface area contributed by atoms with E-state index >= 15 is 0 Å². The summed E-state index contributed by atoms with van der Waals surface area (Å²) in [6.07, 6.45) is 0.307. The van der Waals surface area contributed by atoms with Crippen molar-refractivity contribution in [3.63, 3.8) is 0 Å². The molecule has 0 radical (unpaired) electrons. The molecular weight excluding hydrogens is 436 g/mol. The highest BCUT2D eigenvalue weighted by Crippen LogP contribution is 2.26. The summed E-state index contributed by atoms with van der Waals surface area (Å²) >= 11 is 0. The zero-order valence-corrected chi connectivity index (χ0v) is 23.7. The minimum atomic E-state index is 0.148. The molecule has 6 heteroatoms. The maximum atomic E-state index is 5.74. The van der Waals surface area contributed by atoms with E-state index in [0.29, 0.717) is 18.1 Å². The minimum Gasteiger partial charge on any atom is -0.462 e. The molecule has 2 aromatic heterocycles. The summed E-state index contributed by atoms with van der Waals surface area (Å²) in [5, 5.41) is 0. The lowest BCUT2D eigenvalue weighted by molar-refractivity contribution is 0.210. The summed E-state index contributed by atoms with van der Waals surface area (Å²) < 4.78 is 15.6. The molecule has 35 heavy (non-hydrogen) atoms. The topological polar surface area (TPSA) is 54.1 Å². The number of nitrogens with zero attached hydrogens (tertiary/aromatic N) is 4. The lowest BCUT2D eigenvalue weighted by Gasteiger charge is -2.14. The van der Waals surface area contributed by atoms with Gasteiger partial charge in [-0.3, -0.25) is 9.13 Å². The number of benzene rings is 2. The zero-order chi connectivity index (χ0) is 26.5. The second-order valence-electron chi connectivity index (χ2n) is 8.31. The fourth-order valence-corrected chi connectivity index (χ4v) is 3.48. The first-order valence-corrected chi connectivity index (χ1v) is 13.1. The highest BCUT2D eigenvalue weighted by molar-refractivity contribution is 5.77. The van der Waals surface area contributed by atoms with Gasteiger partial charge < -0.3 is 9.47 Å². The Morgan fingerprint density at radius 3 is 1.57 bits per heavy atom. The third-order valence-electron chi connectivity index (χ3n) is 4.70. The Morgan fingerprint density at radius 1 is 0.657 bits per heavy atom. The van der Waals surface area contributed by atoms with E-state index < -0.39 is 0 Å². The fourth-order valence-electron chi connectivity index (χ4n) is 3.48. The highest BCUT2D eigenvalue weighted by Gasteiger charge is 2.15. The summed E-state index contributed by atoms with van der Waals surface area (Å²) in [4.78, 5) is 8.98. The Balaban J connectivity index is 0.000000307. The Hall–Kier alpha value is -3.02. The summed E-state index contributed by atoms with van der Waals surface area (Å²) in [7, 11) is 0. The van der Waals surface area contributed by atoms with E-state index in [9.17, 15) is 0 Å². The van der Waals surface area contributed by atoms with E-state index in [0.717, 1.165) is 28.6 Å². The van der Waals surface area contributed by atoms with Gasteiger partial charge in [-0.2, -0.15) is 9.97 Å². The second-order valence-corrected chi connectivity index (χ2v) is 8.31. The van der Waals surface area contributed by atoms with Gasteiger partial charge in [-0.1, -0.05) is 52.0 Å². The maximum absolute atomic E-state index is 5.74. The van der Waals surface area contributed by atoms with Crippen LogP contribution in [-0.4, -0.2) is 31.3 Å². The largest absolute Gasteiger partial charge is 0.462 e. The second kappa shape index (κ2) is 15.1. The quantitative estimate of drug-likeness (QED) is 0.277. The predicted molar refractivity (Wildman–Crippen MR) is 150 cm³/mol. The molecular formula is C29H46N4O2. The van der Waals surface area contributed by atoms with Crippen LogP contribution in [0.4, 0.5) is 0 Å². The molecule has 0 atom stereocenters. The number of fused-ring (bicyclic) bond motifs is 2. The number of hydrogen-bond acceptors (Lipinski definition) is 4. The first-order valence-electron chi connectivity index (χ1n) is 13.1. The Labute approximate surface area is 212 Å². The van der Waals surface area contributed by atoms with Crippen molar-refractivity contribution in [2.24, 2.45) is 0 Å². The molecule has 4 rings (SSSR count). The van der Waals surface area contributed by atoms with Crippen LogP contribution >= 0.6 is 0 Å². The van der Waals surface area contributed by atoms with Crippen molar-refractivity contribution in [3.8, 4) is 12.0 Å². The van der Waals surface area contributed by atoms with Crippen molar-refractivity contribution in [2.45, 2.75) is 101 Å². The van der Waals surface area contributed by atoms with Gasteiger partial charge in [0.05, 0.1) is 34.3 Å². The first-order chi connectivity index (χ1) is 16.8. The predicted octanol–water partition coefficient (Wildman–Crippen LogP) is 8.30. The van der Waals surface area contributed by atoms with Crippen molar-refractivity contribution < 1.29 is 9.47 Å². The van der Waals surface area contributed by atoms with Crippen molar-refractivity contribution in [1.29, 1.82) is 0 Å². The maximum Gasteiger partial charge on any atom is 0.297 e. The van der Waals surface area contributed by atoms with Crippen LogP contribution in [0.2, 0.25) is 0 Å². The van der Waals surface area contributed by atoms with Crippen LogP contribution in [0.5, 0.6) is 12.0 Å². The van der Waals surface area contributed by atoms with E-state index in [2.05, 4.69) is 52.0 Å². The molecule has 0 unspecified atom stereocenters. The van der Waals surface area contributed by atoms with Gasteiger partial charge in [0.15, 0.2) is 0 Å². The third-order valence-corrected chi connectivity index (χ3v) is 4.70. The molecule has 0 spiro atoms. The molecule has 6 nitrogen and oxygen atoms in total. The number of hydrogen-bond donors (Lipinski definition) is 0. The smallest absolute Gasteiger partial charge is 0.297 e. The highest BCUT2D eigenvalue weighted by atomic mass is 16.5. The monoisotopic (exact) mass is 482 g/mol. The molecule has 0 aliphatic carbocycles. The van der Waals surface area contributed by atoms with Gasteiger partial charge >= 0.3 is 0 Å². The number of imidazole rings is 2. The number of para-hydroxylation sites is 4. The number of ether oxygens (including phenoxy) is 2. The van der Waals surface area contributed by atoms with Crippen molar-refractivity contribution in [1.82, 2.24) is 19.1 Å². The molecule has 2 heterocycles. The number of aryl methyl sites for hydroxylation is 1. The molecule has 0 amide bonds. The van der Waals surface area contributed by atoms with Crippen molar-refractivity contribution in [3.05, 3.63) is 48.5 Å². The van der Waals surface area contributed by atoms with E-state index in [1.807, 2.05) is 91.8 Å². The Bertz CT molecular complexity index is 1130. The number of rotatable bonds is 6. The van der Waals surface area contributed by atoms with Gasteiger partial charge in [-0.05, 0) is 72.7 Å². The van der Waals surface area contributed by atoms with E-state index in [1.54, 1.807) is 0 Å². The molecule has 0 aliphatic rings. The van der Waals surface area contributed by atoms with Crippen molar-refractivity contribution >= 4 is 22.1 Å². The van der Waals surface area contributed by atoms with Gasteiger partial charge in [0.1, 0.15) is 0 Å². The van der Waals surface area contributed by atoms with E-state index in [-0.39, 0.29) is 12.2 Å². The van der Waals surface area contributed by atoms with E-state index in [1.165, 1.54) is 0 Å². The molecule has 4 aromatic rings. The van der Waals surface area contributed by atoms with Crippen LogP contribution < -0.4 is 9.47 Å². The molecule has 0 saturated carbocycles. The van der Waals surface area contributed by atoms with Gasteiger partial charge in [0.2, 0.25) is 0 Å². The van der Waals surface area contributed by atoms with Gasteiger partial charge in [-0.25, -0.2) is 0 Å². The standard InChI is InChI=1S/C13H18N2O.C12H16N2O.2C2H6/c1-9(2)15-12-8-6-5-7-11(12)14-13(15)16-10(3)4;1-4-14-11-8-6-5-7-10(11)13-12(14)15-9(2)3;2*1-2/h5-10H,1-4H3;5-9H,4H2,1-3H3;2*1-2H3. The van der Waals surface area contributed by atoms with Crippen LogP contribution in [-0.2, 0) is 6.54 Å². The average molecular weight is 483 g/mol. The van der Waals surface area contributed by atoms with Crippen LogP contribution in [0.15, 0.2) is 48.5 Å². The summed E-state index contributed by atoms with van der Waals surface area (Å²) in [5.74, 6) is 0. The van der Waals surface area contributed by atoms with Crippen LogP contribution in [0, 0.1) is 0 Å². The van der Waals surface area contributed by atoms with Gasteiger partial charge in [-0.15, -0.1) is 0 Å². The van der Waals surface area contributed by atoms with Crippen molar-refractivity contribution in [2.75, 3.05) is 0 Å². The molecule has 194 valence electrons. The zero-order valence-electron chi connectivity index (χ0n) is 23.7. The summed E-state index contributed by atoms with van der Waals surface area (Å²) in [6, 6.07) is 18.0. The molecule has 0 fully saturated rings. The lowest BCUT2D eigenvalue weighted by Crippen LogP contribution is -2.12. The molecule has 2 aromatic carbocycles. The van der Waals surface area contributed by atoms with Crippen LogP contribution in [0.1, 0.15) is 82.2 Å². The molecule has 0 N–H and O–H groups in total. The SMILES string of the molecule is CC.CC.CC(C)Oc1nc2ccccc2n1C(C)C.CCn1c(OC(C)C)nc2ccccc21. The molecule has 0 bridgehead atoms. The first kappa shape index (κ1) is 30.0. The van der Waals surface area contributed by atoms with E-state index in [4.69, 9.17) is 9.47 Å². The lowest BCUT2D eigenvalue weighted by atomic mass is 10.3. The average Bonchev–Trinajstić information content (AvgIpc) is 3.38. The minimum absolute atomic E-state index is 0.148. The normalized spacial score (nSPS) is 10.5. The Kier molecular flexibility index (Phi) is 12.9. The third kappa shape index (κ3) is 8.01.